The number of nitrogen functional groups attached to an aromatic ring is 1. The van der Waals surface area contributed by atoms with Gasteiger partial charge in [-0.15, -0.1) is 29.1 Å². The van der Waals surface area contributed by atoms with Crippen molar-refractivity contribution in [2.75, 3.05) is 16.4 Å². The van der Waals surface area contributed by atoms with Crippen LogP contribution in [0.5, 0.6) is 5.75 Å². The number of hydrogen-bond donors (Lipinski definition) is 8. The summed E-state index contributed by atoms with van der Waals surface area (Å²) in [4.78, 5) is 22.9. The number of unbranched alkanes of at least 4 members (excludes halogenated alkanes) is 2. The van der Waals surface area contributed by atoms with E-state index in [4.69, 9.17) is 16.2 Å². The Balaban J connectivity index is 1.93. The molecule has 4 rings (SSSR count). The maximum absolute atomic E-state index is 12.6. The van der Waals surface area contributed by atoms with E-state index in [-0.39, 0.29) is 74.3 Å². The molecule has 0 fully saturated rings. The molecule has 2 amide bonds. The smallest absolute Gasteiger partial charge is 0.296 e. The molecule has 0 radical (unpaired) electrons. The number of carbonyl (C=O) groups excluding carboxylic acids is 2. The van der Waals surface area contributed by atoms with E-state index in [0.29, 0.717) is 24.9 Å². The number of anilines is 3. The van der Waals surface area contributed by atoms with Crippen LogP contribution in [-0.4, -0.2) is 53.4 Å². The van der Waals surface area contributed by atoms with Crippen LogP contribution in [0.1, 0.15) is 52.4 Å². The van der Waals surface area contributed by atoms with Crippen LogP contribution in [0.2, 0.25) is 0 Å². The first-order valence-electron chi connectivity index (χ1n) is 16.6. The summed E-state index contributed by atoms with van der Waals surface area (Å²) in [5.74, 6) is -1.70. The Labute approximate surface area is 338 Å². The number of rotatable bonds is 20. The number of nitrogens with two attached hydrogens (primary N) is 1. The zero-order chi connectivity index (χ0) is 42.6. The van der Waals surface area contributed by atoms with Crippen molar-refractivity contribution in [3.63, 3.8) is 0 Å². The van der Waals surface area contributed by atoms with E-state index >= 15 is 0 Å². The monoisotopic (exact) mass is 885 g/mol. The van der Waals surface area contributed by atoms with E-state index in [0.717, 1.165) is 37.1 Å². The Morgan fingerprint density at radius 3 is 1.78 bits per heavy atom. The van der Waals surface area contributed by atoms with Crippen molar-refractivity contribution in [2.24, 2.45) is 20.5 Å². The van der Waals surface area contributed by atoms with E-state index in [2.05, 4.69) is 49.8 Å². The van der Waals surface area contributed by atoms with Gasteiger partial charge in [0, 0.05) is 24.2 Å². The first kappa shape index (κ1) is 45.9. The number of phenols is 1. The molecule has 4 aromatic rings. The molecule has 0 bridgehead atoms. The van der Waals surface area contributed by atoms with Crippen molar-refractivity contribution in [1.29, 1.82) is 0 Å². The van der Waals surface area contributed by atoms with Gasteiger partial charge in [-0.05, 0) is 66.8 Å². The second-order valence-electron chi connectivity index (χ2n) is 11.8. The molecule has 4 aromatic carbocycles. The second kappa shape index (κ2) is 20.7. The maximum atomic E-state index is 12.6. The van der Waals surface area contributed by atoms with Crippen LogP contribution in [0.15, 0.2) is 88.6 Å². The molecule has 26 heteroatoms. The highest BCUT2D eigenvalue weighted by molar-refractivity contribution is 7.95. The Morgan fingerprint density at radius 2 is 1.22 bits per heavy atom. The third-order valence-corrected chi connectivity index (χ3v) is 10.7. The molecule has 0 heterocycles. The van der Waals surface area contributed by atoms with E-state index in [1.54, 1.807) is 0 Å². The molecule has 0 unspecified atom stereocenters. The molecular weight excluding hydrogens is 851 g/mol. The van der Waals surface area contributed by atoms with Crippen LogP contribution in [-0.2, 0) is 48.6 Å². The first-order valence-corrected chi connectivity index (χ1v) is 21.0. The third-order valence-electron chi connectivity index (χ3n) is 7.69. The summed E-state index contributed by atoms with van der Waals surface area (Å²) in [6.45, 7) is 3.79. The minimum Gasteiger partial charge on any atom is -0.505 e. The van der Waals surface area contributed by atoms with Gasteiger partial charge in [0.15, 0.2) is 5.75 Å². The van der Waals surface area contributed by atoms with Gasteiger partial charge in [-0.2, -0.15) is 16.8 Å². The highest BCUT2D eigenvalue weighted by atomic mass is 32.2. The average molecular weight is 886 g/mol. The number of nitrogens with zero attached hydrogens (tertiary/aromatic N) is 4. The molecule has 9 N–H and O–H groups in total. The molecule has 0 saturated carbocycles. The average Bonchev–Trinajstić information content (AvgIpc) is 3.16. The molecule has 0 spiro atoms. The molecule has 0 aliphatic rings. The maximum Gasteiger partial charge on any atom is 0.296 e. The highest BCUT2D eigenvalue weighted by Crippen LogP contribution is 2.50. The van der Waals surface area contributed by atoms with E-state index < -0.39 is 58.5 Å². The highest BCUT2D eigenvalue weighted by Gasteiger charge is 2.26. The molecule has 312 valence electrons. The number of nitrogens with one attached hydrogen (secondary N) is 2. The molecule has 0 aliphatic heterocycles. The minimum atomic E-state index is -5.19. The van der Waals surface area contributed by atoms with Gasteiger partial charge in [-0.25, -0.2) is 10.5 Å². The van der Waals surface area contributed by atoms with Crippen molar-refractivity contribution < 1.29 is 69.9 Å². The summed E-state index contributed by atoms with van der Waals surface area (Å²) >= 11 is 0.688. The van der Waals surface area contributed by atoms with Gasteiger partial charge >= 0.3 is 0 Å². The third kappa shape index (κ3) is 12.1. The Morgan fingerprint density at radius 1 is 0.707 bits per heavy atom. The predicted molar refractivity (Wildman–Crippen MR) is 209 cm³/mol. The molecular formula is C32H35N7O15S4. The van der Waals surface area contributed by atoms with Crippen molar-refractivity contribution in [3.05, 3.63) is 48.5 Å². The van der Waals surface area contributed by atoms with Crippen LogP contribution in [0.25, 0.3) is 10.8 Å². The fourth-order valence-corrected chi connectivity index (χ4v) is 7.22. The normalized spacial score (nSPS) is 12.2. The number of fused-ring (bicyclic) bond motifs is 1. The van der Waals surface area contributed by atoms with Crippen LogP contribution in [0, 0.1) is 0 Å². The Kier molecular flexibility index (Phi) is 16.4. The van der Waals surface area contributed by atoms with Crippen molar-refractivity contribution in [3.8, 4) is 5.75 Å². The number of benzene rings is 4. The fraction of sp³-hybridized carbons (Fsp3) is 0.250. The summed E-state index contributed by atoms with van der Waals surface area (Å²) < 4.78 is 78.8. The Bertz CT molecular complexity index is 2450. The standard InChI is InChI=1S/C32H35N7O15S4/c1-3-5-7-26(40)34-18-9-11-22(55-53-51-43)20(15-18)36-39-31-25(58(48,49)50)14-17-13-23(56-54-52-44)30(29(33)28(17)32(31)42)38-37-21-16-19(35-27(41)8-6-4-2)10-12-24(21)57(45,46)47/h9-16,42-44H,3-8,33H2,1-2H3,(H,34,40)(H,35,41)(H,45,46,47)(H,48,49,50). The van der Waals surface area contributed by atoms with Gasteiger partial charge in [0.1, 0.15) is 32.5 Å². The van der Waals surface area contributed by atoms with E-state index in [1.165, 1.54) is 24.3 Å². The fourth-order valence-electron chi connectivity index (χ4n) is 5.04. The van der Waals surface area contributed by atoms with Crippen molar-refractivity contribution in [1.82, 2.24) is 0 Å². The predicted octanol–water partition coefficient (Wildman–Crippen LogP) is 8.57. The number of carbonyl (C=O) groups is 2. The topological polar surface area (TPSA) is 340 Å². The van der Waals surface area contributed by atoms with Crippen LogP contribution in [0.4, 0.5) is 39.8 Å². The molecule has 22 nitrogen and oxygen atoms in total. The van der Waals surface area contributed by atoms with Gasteiger partial charge in [-0.1, -0.05) is 36.8 Å². The summed E-state index contributed by atoms with van der Waals surface area (Å²) in [5, 5.41) is 56.9. The lowest BCUT2D eigenvalue weighted by Crippen LogP contribution is -2.11. The van der Waals surface area contributed by atoms with Crippen LogP contribution < -0.4 is 16.4 Å². The summed E-state index contributed by atoms with van der Waals surface area (Å²) in [6.07, 6.45) is 3.05. The van der Waals surface area contributed by atoms with Crippen LogP contribution in [0.3, 0.4) is 0 Å². The summed E-state index contributed by atoms with van der Waals surface area (Å²) in [7, 11) is -10.1. The zero-order valence-electron chi connectivity index (χ0n) is 30.2. The summed E-state index contributed by atoms with van der Waals surface area (Å²) in [6, 6.07) is 9.37. The quantitative estimate of drug-likeness (QED) is 0.0103. The number of amides is 2. The molecule has 0 aliphatic carbocycles. The number of hydrogen-bond acceptors (Lipinski definition) is 20. The van der Waals surface area contributed by atoms with Gasteiger partial charge < -0.3 is 21.5 Å². The van der Waals surface area contributed by atoms with E-state index in [1.807, 2.05) is 13.8 Å². The van der Waals surface area contributed by atoms with Gasteiger partial charge in [-0.3, -0.25) is 18.7 Å². The molecule has 58 heavy (non-hydrogen) atoms. The minimum absolute atomic E-state index is 0.0901. The number of azo groups is 2. The molecule has 0 atom stereocenters. The first-order chi connectivity index (χ1) is 27.5. The lowest BCUT2D eigenvalue weighted by molar-refractivity contribution is -0.432. The van der Waals surface area contributed by atoms with E-state index in [9.17, 15) is 40.6 Å². The number of aromatic hydroxyl groups is 1. The second-order valence-corrected chi connectivity index (χ2v) is 16.0. The summed E-state index contributed by atoms with van der Waals surface area (Å²) in [5.41, 5.74) is 4.41. The Hall–Kier alpha value is -4.84. The lowest BCUT2D eigenvalue weighted by atomic mass is 10.1. The van der Waals surface area contributed by atoms with Gasteiger partial charge in [0.25, 0.3) is 20.2 Å². The van der Waals surface area contributed by atoms with Gasteiger partial charge in [0.05, 0.1) is 45.0 Å². The largest absolute Gasteiger partial charge is 0.505 e. The number of phenolic OH excluding ortho intramolecular Hbond substituents is 1. The van der Waals surface area contributed by atoms with Gasteiger partial charge in [0.2, 0.25) is 11.8 Å². The SMILES string of the molecule is CCCCC(=O)Nc1ccc(SOOO)c(N=Nc2c(S(=O)(=O)O)cc3cc(SOOO)c(N=Nc4cc(NC(=O)CCCC)ccc4S(=O)(=O)O)c(N)c3c2O)c1. The zero-order valence-corrected chi connectivity index (χ0v) is 33.4. The molecule has 0 saturated heterocycles. The lowest BCUT2D eigenvalue weighted by Gasteiger charge is -2.14. The molecule has 0 aromatic heterocycles. The van der Waals surface area contributed by atoms with Crippen molar-refractivity contribution in [2.45, 2.75) is 72.0 Å². The van der Waals surface area contributed by atoms with Crippen molar-refractivity contribution >= 4 is 107 Å². The van der Waals surface area contributed by atoms with Crippen LogP contribution >= 0.6 is 24.1 Å².